The maximum atomic E-state index is 13.2. The summed E-state index contributed by atoms with van der Waals surface area (Å²) >= 11 is 12.5. The van der Waals surface area contributed by atoms with Crippen molar-refractivity contribution in [2.75, 3.05) is 6.54 Å². The first-order valence-corrected chi connectivity index (χ1v) is 10.9. The van der Waals surface area contributed by atoms with E-state index in [0.29, 0.717) is 15.6 Å². The number of nitrogens with one attached hydrogen (secondary N) is 1. The molecule has 0 aliphatic heterocycles. The number of halogens is 2. The van der Waals surface area contributed by atoms with E-state index < -0.39 is 21.5 Å². The number of carbonyl (C=O) groups excluding carboxylic acids is 1. The summed E-state index contributed by atoms with van der Waals surface area (Å²) in [6.07, 6.45) is 0. The fourth-order valence-electron chi connectivity index (χ4n) is 2.56. The lowest BCUT2D eigenvalue weighted by atomic mass is 10.1. The van der Waals surface area contributed by atoms with Gasteiger partial charge in [-0.05, 0) is 52.0 Å². The minimum Gasteiger partial charge on any atom is -0.350 e. The zero-order valence-corrected chi connectivity index (χ0v) is 18.6. The molecule has 1 N–H and O–H groups in total. The first-order chi connectivity index (χ1) is 12.9. The van der Waals surface area contributed by atoms with Crippen molar-refractivity contribution in [1.82, 2.24) is 9.62 Å². The van der Waals surface area contributed by atoms with E-state index in [2.05, 4.69) is 5.32 Å². The zero-order chi connectivity index (χ0) is 21.1. The molecule has 0 unspecified atom stereocenters. The Labute approximate surface area is 176 Å². The second kappa shape index (κ2) is 8.82. The van der Waals surface area contributed by atoms with Gasteiger partial charge in [0.15, 0.2) is 0 Å². The van der Waals surface area contributed by atoms with Crippen molar-refractivity contribution in [3.63, 3.8) is 0 Å². The maximum absolute atomic E-state index is 13.2. The van der Waals surface area contributed by atoms with Gasteiger partial charge in [-0.25, -0.2) is 8.42 Å². The smallest absolute Gasteiger partial charge is 0.243 e. The normalized spacial score (nSPS) is 12.2. The van der Waals surface area contributed by atoms with Crippen molar-refractivity contribution in [3.8, 4) is 0 Å². The summed E-state index contributed by atoms with van der Waals surface area (Å²) < 4.78 is 27.6. The lowest BCUT2D eigenvalue weighted by molar-refractivity contribution is -0.122. The van der Waals surface area contributed by atoms with E-state index >= 15 is 0 Å². The van der Waals surface area contributed by atoms with Crippen LogP contribution in [0.1, 0.15) is 31.9 Å². The van der Waals surface area contributed by atoms with Crippen molar-refractivity contribution in [1.29, 1.82) is 0 Å². The van der Waals surface area contributed by atoms with Crippen LogP contribution in [0.25, 0.3) is 0 Å². The standard InChI is InChI=1S/C20H24Cl2N2O3S/c1-14-8-10-15(11-9-14)28(26,27)24(13-19(25)23-20(2,3)4)12-16-17(21)6-5-7-18(16)22/h5-11H,12-13H2,1-4H3,(H,23,25). The molecule has 28 heavy (non-hydrogen) atoms. The predicted octanol–water partition coefficient (Wildman–Crippen LogP) is 4.41. The zero-order valence-electron chi connectivity index (χ0n) is 16.3. The summed E-state index contributed by atoms with van der Waals surface area (Å²) in [5.74, 6) is -0.411. The average Bonchev–Trinajstić information content (AvgIpc) is 2.56. The molecule has 0 aliphatic rings. The molecule has 0 spiro atoms. The van der Waals surface area contributed by atoms with E-state index in [9.17, 15) is 13.2 Å². The topological polar surface area (TPSA) is 66.5 Å². The van der Waals surface area contributed by atoms with E-state index in [1.807, 2.05) is 27.7 Å². The predicted molar refractivity (Wildman–Crippen MR) is 113 cm³/mol. The van der Waals surface area contributed by atoms with Gasteiger partial charge in [-0.2, -0.15) is 4.31 Å². The van der Waals surface area contributed by atoms with E-state index in [1.54, 1.807) is 30.3 Å². The van der Waals surface area contributed by atoms with Gasteiger partial charge in [-0.15, -0.1) is 0 Å². The summed E-state index contributed by atoms with van der Waals surface area (Å²) in [5.41, 5.74) is 0.897. The molecule has 152 valence electrons. The van der Waals surface area contributed by atoms with Gasteiger partial charge in [0.25, 0.3) is 0 Å². The summed E-state index contributed by atoms with van der Waals surface area (Å²) in [6.45, 7) is 6.88. The SMILES string of the molecule is Cc1ccc(S(=O)(=O)N(CC(=O)NC(C)(C)C)Cc2c(Cl)cccc2Cl)cc1. The molecular formula is C20H24Cl2N2O3S. The van der Waals surface area contributed by atoms with E-state index in [4.69, 9.17) is 23.2 Å². The molecule has 0 aliphatic carbocycles. The van der Waals surface area contributed by atoms with Gasteiger partial charge in [0.1, 0.15) is 0 Å². The Balaban J connectivity index is 2.43. The van der Waals surface area contributed by atoms with Crippen LogP contribution in [0.4, 0.5) is 0 Å². The molecule has 0 atom stereocenters. The van der Waals surface area contributed by atoms with E-state index in [-0.39, 0.29) is 18.0 Å². The lowest BCUT2D eigenvalue weighted by Crippen LogP contribution is -2.47. The highest BCUT2D eigenvalue weighted by Gasteiger charge is 2.29. The summed E-state index contributed by atoms with van der Waals surface area (Å²) in [7, 11) is -3.94. The lowest BCUT2D eigenvalue weighted by Gasteiger charge is -2.26. The minimum absolute atomic E-state index is 0.102. The number of rotatable bonds is 6. The van der Waals surface area contributed by atoms with Crippen LogP contribution < -0.4 is 5.32 Å². The first-order valence-electron chi connectivity index (χ1n) is 8.71. The number of hydrogen-bond donors (Lipinski definition) is 1. The molecule has 0 saturated heterocycles. The summed E-state index contributed by atoms with van der Waals surface area (Å²) in [5, 5.41) is 3.47. The van der Waals surface area contributed by atoms with Gasteiger partial charge in [0.2, 0.25) is 15.9 Å². The highest BCUT2D eigenvalue weighted by atomic mass is 35.5. The number of sulfonamides is 1. The second-order valence-corrected chi connectivity index (χ2v) is 10.3. The van der Waals surface area contributed by atoms with Crippen LogP contribution in [-0.4, -0.2) is 30.7 Å². The maximum Gasteiger partial charge on any atom is 0.243 e. The van der Waals surface area contributed by atoms with Crippen LogP contribution in [0.5, 0.6) is 0 Å². The summed E-state index contributed by atoms with van der Waals surface area (Å²) in [4.78, 5) is 12.6. The van der Waals surface area contributed by atoms with E-state index in [0.717, 1.165) is 9.87 Å². The Hall–Kier alpha value is -1.60. The second-order valence-electron chi connectivity index (χ2n) is 7.58. The molecule has 2 aromatic carbocycles. The summed E-state index contributed by atoms with van der Waals surface area (Å²) in [6, 6.07) is 11.4. The fourth-order valence-corrected chi connectivity index (χ4v) is 4.44. The van der Waals surface area contributed by atoms with Gasteiger partial charge in [-0.1, -0.05) is 47.0 Å². The Morgan fingerprint density at radius 1 is 1.04 bits per heavy atom. The van der Waals surface area contributed by atoms with Crippen LogP contribution in [0, 0.1) is 6.92 Å². The van der Waals surface area contributed by atoms with Gasteiger partial charge in [0.05, 0.1) is 11.4 Å². The Kier molecular flexibility index (Phi) is 7.15. The highest BCUT2D eigenvalue weighted by Crippen LogP contribution is 2.28. The number of nitrogens with zero attached hydrogens (tertiary/aromatic N) is 1. The number of hydrogen-bond acceptors (Lipinski definition) is 3. The Morgan fingerprint density at radius 3 is 2.07 bits per heavy atom. The van der Waals surface area contributed by atoms with Crippen molar-refractivity contribution >= 4 is 39.1 Å². The minimum atomic E-state index is -3.94. The third-order valence-electron chi connectivity index (χ3n) is 3.89. The molecule has 1 amide bonds. The molecule has 0 aromatic heterocycles. The van der Waals surface area contributed by atoms with Crippen LogP contribution in [0.3, 0.4) is 0 Å². The fraction of sp³-hybridized carbons (Fsp3) is 0.350. The van der Waals surface area contributed by atoms with Gasteiger partial charge < -0.3 is 5.32 Å². The van der Waals surface area contributed by atoms with Crippen LogP contribution >= 0.6 is 23.2 Å². The van der Waals surface area contributed by atoms with Crippen LogP contribution in [0.15, 0.2) is 47.4 Å². The molecule has 8 heteroatoms. The molecule has 0 fully saturated rings. The average molecular weight is 443 g/mol. The largest absolute Gasteiger partial charge is 0.350 e. The van der Waals surface area contributed by atoms with Crippen molar-refractivity contribution in [2.45, 2.75) is 44.7 Å². The Bertz CT molecular complexity index is 932. The van der Waals surface area contributed by atoms with Crippen molar-refractivity contribution in [2.24, 2.45) is 0 Å². The number of aryl methyl sites for hydroxylation is 1. The van der Waals surface area contributed by atoms with Crippen molar-refractivity contribution < 1.29 is 13.2 Å². The van der Waals surface area contributed by atoms with Gasteiger partial charge >= 0.3 is 0 Å². The number of amides is 1. The van der Waals surface area contributed by atoms with Crippen molar-refractivity contribution in [3.05, 3.63) is 63.6 Å². The third-order valence-corrected chi connectivity index (χ3v) is 6.40. The molecule has 0 bridgehead atoms. The van der Waals surface area contributed by atoms with E-state index in [1.165, 1.54) is 12.1 Å². The molecular weight excluding hydrogens is 419 g/mol. The third kappa shape index (κ3) is 5.95. The first kappa shape index (κ1) is 22.7. The van der Waals surface area contributed by atoms with Gasteiger partial charge in [0, 0.05) is 27.7 Å². The molecule has 0 radical (unpaired) electrons. The monoisotopic (exact) mass is 442 g/mol. The highest BCUT2D eigenvalue weighted by molar-refractivity contribution is 7.89. The molecule has 2 rings (SSSR count). The number of benzene rings is 2. The molecule has 0 saturated carbocycles. The van der Waals surface area contributed by atoms with Crippen LogP contribution in [0.2, 0.25) is 10.0 Å². The van der Waals surface area contributed by atoms with Gasteiger partial charge in [-0.3, -0.25) is 4.79 Å². The quantitative estimate of drug-likeness (QED) is 0.720. The van der Waals surface area contributed by atoms with Crippen LogP contribution in [-0.2, 0) is 21.4 Å². The molecule has 2 aromatic rings. The molecule has 5 nitrogen and oxygen atoms in total. The number of carbonyl (C=O) groups is 1. The Morgan fingerprint density at radius 2 is 1.57 bits per heavy atom. The molecule has 0 heterocycles.